The van der Waals surface area contributed by atoms with E-state index >= 15 is 0 Å². The minimum Gasteiger partial charge on any atom is -0.491 e. The molecule has 1 aliphatic rings. The lowest BCUT2D eigenvalue weighted by Crippen LogP contribution is -2.47. The maximum Gasteiger partial charge on any atom is 0.317 e. The van der Waals surface area contributed by atoms with Crippen molar-refractivity contribution in [3.63, 3.8) is 0 Å². The second-order valence-corrected chi connectivity index (χ2v) is 5.16. The van der Waals surface area contributed by atoms with Crippen LogP contribution in [0.3, 0.4) is 0 Å². The Morgan fingerprint density at radius 2 is 1.91 bits per heavy atom. The zero-order chi connectivity index (χ0) is 15.2. The van der Waals surface area contributed by atoms with Crippen molar-refractivity contribution in [2.24, 2.45) is 0 Å². The molecule has 2 aromatic rings. The van der Waals surface area contributed by atoms with E-state index in [0.717, 1.165) is 16.5 Å². The summed E-state index contributed by atoms with van der Waals surface area (Å²) < 4.78 is 11.0. The van der Waals surface area contributed by atoms with Crippen molar-refractivity contribution in [1.29, 1.82) is 0 Å². The van der Waals surface area contributed by atoms with Gasteiger partial charge in [0.2, 0.25) is 0 Å². The number of hydrogen-bond donors (Lipinski definition) is 1. The van der Waals surface area contributed by atoms with Gasteiger partial charge in [0.15, 0.2) is 0 Å². The zero-order valence-electron chi connectivity index (χ0n) is 12.5. The first-order valence-electron chi connectivity index (χ1n) is 7.56. The molecule has 1 aliphatic heterocycles. The number of carbonyl (C=O) groups is 1. The van der Waals surface area contributed by atoms with E-state index in [1.165, 1.54) is 0 Å². The molecule has 0 aliphatic carbocycles. The second kappa shape index (κ2) is 7.13. The van der Waals surface area contributed by atoms with E-state index in [1.54, 1.807) is 4.90 Å². The molecule has 5 nitrogen and oxygen atoms in total. The van der Waals surface area contributed by atoms with Crippen LogP contribution in [0.2, 0.25) is 0 Å². The van der Waals surface area contributed by atoms with E-state index < -0.39 is 0 Å². The SMILES string of the molecule is O=C(NCCOc1cccc2ccccc12)N1CCOCC1. The first kappa shape index (κ1) is 14.7. The molecule has 0 saturated carbocycles. The van der Waals surface area contributed by atoms with Crippen LogP contribution in [0.1, 0.15) is 0 Å². The molecule has 2 aromatic carbocycles. The number of benzene rings is 2. The average Bonchev–Trinajstić information content (AvgIpc) is 2.59. The zero-order valence-corrected chi connectivity index (χ0v) is 12.5. The molecule has 0 bridgehead atoms. The molecule has 1 saturated heterocycles. The molecule has 22 heavy (non-hydrogen) atoms. The van der Waals surface area contributed by atoms with Crippen molar-refractivity contribution < 1.29 is 14.3 Å². The first-order chi connectivity index (χ1) is 10.8. The van der Waals surface area contributed by atoms with Crippen molar-refractivity contribution in [2.75, 3.05) is 39.5 Å². The summed E-state index contributed by atoms with van der Waals surface area (Å²) in [5, 5.41) is 5.11. The van der Waals surface area contributed by atoms with Crippen LogP contribution in [0.5, 0.6) is 5.75 Å². The lowest BCUT2D eigenvalue weighted by molar-refractivity contribution is 0.0530. The Balaban J connectivity index is 1.49. The fraction of sp³-hybridized carbons (Fsp3) is 0.353. The van der Waals surface area contributed by atoms with Gasteiger partial charge in [-0.1, -0.05) is 36.4 Å². The van der Waals surface area contributed by atoms with Crippen LogP contribution in [-0.4, -0.2) is 50.4 Å². The molecule has 2 amide bonds. The quantitative estimate of drug-likeness (QED) is 0.881. The Bertz CT molecular complexity index is 633. The lowest BCUT2D eigenvalue weighted by atomic mass is 10.1. The highest BCUT2D eigenvalue weighted by atomic mass is 16.5. The van der Waals surface area contributed by atoms with Crippen LogP contribution in [0.25, 0.3) is 10.8 Å². The summed E-state index contributed by atoms with van der Waals surface area (Å²) in [4.78, 5) is 13.7. The molecular weight excluding hydrogens is 280 g/mol. The molecule has 0 unspecified atom stereocenters. The van der Waals surface area contributed by atoms with E-state index in [1.807, 2.05) is 30.3 Å². The third-order valence-corrected chi connectivity index (χ3v) is 3.68. The Hall–Kier alpha value is -2.27. The number of rotatable bonds is 4. The normalized spacial score (nSPS) is 14.8. The summed E-state index contributed by atoms with van der Waals surface area (Å²) in [5.41, 5.74) is 0. The van der Waals surface area contributed by atoms with Crippen LogP contribution in [-0.2, 0) is 4.74 Å². The van der Waals surface area contributed by atoms with Gasteiger partial charge in [0.05, 0.1) is 19.8 Å². The van der Waals surface area contributed by atoms with Crippen molar-refractivity contribution >= 4 is 16.8 Å². The smallest absolute Gasteiger partial charge is 0.317 e. The molecule has 0 radical (unpaired) electrons. The minimum atomic E-state index is -0.0511. The number of fused-ring (bicyclic) bond motifs is 1. The number of amides is 2. The number of morpholine rings is 1. The van der Waals surface area contributed by atoms with E-state index in [2.05, 4.69) is 17.4 Å². The summed E-state index contributed by atoms with van der Waals surface area (Å²) in [7, 11) is 0. The standard InChI is InChI=1S/C17H20N2O3/c20-17(19-9-12-21-13-10-19)18-8-11-22-16-7-3-5-14-4-1-2-6-15(14)16/h1-7H,8-13H2,(H,18,20). The molecular formula is C17H20N2O3. The maximum atomic E-state index is 11.9. The number of ether oxygens (including phenoxy) is 2. The number of hydrogen-bond acceptors (Lipinski definition) is 3. The number of carbonyl (C=O) groups excluding carboxylic acids is 1. The second-order valence-electron chi connectivity index (χ2n) is 5.16. The summed E-state index contributed by atoms with van der Waals surface area (Å²) in [5.74, 6) is 0.846. The molecule has 0 spiro atoms. The molecule has 3 rings (SSSR count). The number of nitrogens with one attached hydrogen (secondary N) is 1. The van der Waals surface area contributed by atoms with Gasteiger partial charge in [0.1, 0.15) is 12.4 Å². The molecule has 1 N–H and O–H groups in total. The predicted octanol–water partition coefficient (Wildman–Crippen LogP) is 2.26. The Labute approximate surface area is 129 Å². The highest BCUT2D eigenvalue weighted by Crippen LogP contribution is 2.24. The van der Waals surface area contributed by atoms with Crippen molar-refractivity contribution in [3.8, 4) is 5.75 Å². The Kier molecular flexibility index (Phi) is 4.75. The van der Waals surface area contributed by atoms with E-state index in [9.17, 15) is 4.79 Å². The third-order valence-electron chi connectivity index (χ3n) is 3.68. The number of nitrogens with zero attached hydrogens (tertiary/aromatic N) is 1. The van der Waals surface area contributed by atoms with Crippen LogP contribution >= 0.6 is 0 Å². The average molecular weight is 300 g/mol. The van der Waals surface area contributed by atoms with Crippen molar-refractivity contribution in [2.45, 2.75) is 0 Å². The number of urea groups is 1. The van der Waals surface area contributed by atoms with Crippen LogP contribution in [0.15, 0.2) is 42.5 Å². The predicted molar refractivity (Wildman–Crippen MR) is 85.2 cm³/mol. The highest BCUT2D eigenvalue weighted by molar-refractivity contribution is 5.88. The summed E-state index contributed by atoms with van der Waals surface area (Å²) >= 11 is 0. The maximum absolute atomic E-state index is 11.9. The van der Waals surface area contributed by atoms with Gasteiger partial charge in [0.25, 0.3) is 0 Å². The van der Waals surface area contributed by atoms with E-state index in [0.29, 0.717) is 39.5 Å². The van der Waals surface area contributed by atoms with E-state index in [4.69, 9.17) is 9.47 Å². The molecule has 116 valence electrons. The third kappa shape index (κ3) is 3.49. The fourth-order valence-electron chi connectivity index (χ4n) is 2.52. The molecule has 0 aromatic heterocycles. The van der Waals surface area contributed by atoms with Gasteiger partial charge in [-0.05, 0) is 11.5 Å². The minimum absolute atomic E-state index is 0.0511. The van der Waals surface area contributed by atoms with Crippen LogP contribution in [0, 0.1) is 0 Å². The Morgan fingerprint density at radius 3 is 2.77 bits per heavy atom. The van der Waals surface area contributed by atoms with Gasteiger partial charge in [-0.15, -0.1) is 0 Å². The van der Waals surface area contributed by atoms with E-state index in [-0.39, 0.29) is 6.03 Å². The van der Waals surface area contributed by atoms with Gasteiger partial charge in [-0.2, -0.15) is 0 Å². The lowest BCUT2D eigenvalue weighted by Gasteiger charge is -2.26. The van der Waals surface area contributed by atoms with Gasteiger partial charge in [-0.3, -0.25) is 0 Å². The van der Waals surface area contributed by atoms with Gasteiger partial charge in [-0.25, -0.2) is 4.79 Å². The van der Waals surface area contributed by atoms with Gasteiger partial charge < -0.3 is 19.7 Å². The highest BCUT2D eigenvalue weighted by Gasteiger charge is 2.15. The first-order valence-corrected chi connectivity index (χ1v) is 7.56. The fourth-order valence-corrected chi connectivity index (χ4v) is 2.52. The van der Waals surface area contributed by atoms with Gasteiger partial charge >= 0.3 is 6.03 Å². The molecule has 1 fully saturated rings. The monoisotopic (exact) mass is 300 g/mol. The van der Waals surface area contributed by atoms with Gasteiger partial charge in [0, 0.05) is 18.5 Å². The largest absolute Gasteiger partial charge is 0.491 e. The topological polar surface area (TPSA) is 50.8 Å². The molecule has 5 heteroatoms. The van der Waals surface area contributed by atoms with Crippen molar-refractivity contribution in [3.05, 3.63) is 42.5 Å². The van der Waals surface area contributed by atoms with Crippen molar-refractivity contribution in [1.82, 2.24) is 10.2 Å². The summed E-state index contributed by atoms with van der Waals surface area (Å²) in [6, 6.07) is 14.0. The van der Waals surface area contributed by atoms with Crippen LogP contribution in [0.4, 0.5) is 4.79 Å². The molecule has 0 atom stereocenters. The molecule has 1 heterocycles. The Morgan fingerprint density at radius 1 is 1.14 bits per heavy atom. The van der Waals surface area contributed by atoms with Crippen LogP contribution < -0.4 is 10.1 Å². The summed E-state index contributed by atoms with van der Waals surface area (Å²) in [6.45, 7) is 3.45. The summed E-state index contributed by atoms with van der Waals surface area (Å²) in [6.07, 6.45) is 0.